The highest BCUT2D eigenvalue weighted by Crippen LogP contribution is 2.59. The van der Waals surface area contributed by atoms with Gasteiger partial charge in [0.05, 0.1) is 5.92 Å². The van der Waals surface area contributed by atoms with Gasteiger partial charge in [0.15, 0.2) is 0 Å². The third kappa shape index (κ3) is 3.37. The van der Waals surface area contributed by atoms with Gasteiger partial charge in [0.25, 0.3) is 0 Å². The summed E-state index contributed by atoms with van der Waals surface area (Å²) in [4.78, 5) is 12.3. The Morgan fingerprint density at radius 1 is 1.24 bits per heavy atom. The molecule has 0 bridgehead atoms. The number of carbonyl (C=O) groups excluding carboxylic acids is 1. The number of rotatable bonds is 5. The molecule has 1 aliphatic carbocycles. The van der Waals surface area contributed by atoms with Crippen LogP contribution in [0.25, 0.3) is 0 Å². The van der Waals surface area contributed by atoms with Gasteiger partial charge in [-0.05, 0) is 42.7 Å². The van der Waals surface area contributed by atoms with E-state index >= 15 is 0 Å². The van der Waals surface area contributed by atoms with E-state index in [-0.39, 0.29) is 17.3 Å². The maximum absolute atomic E-state index is 12.3. The molecule has 21 heavy (non-hydrogen) atoms. The summed E-state index contributed by atoms with van der Waals surface area (Å²) in [6, 6.07) is 8.16. The van der Waals surface area contributed by atoms with Crippen LogP contribution in [0.3, 0.4) is 0 Å². The fourth-order valence-corrected chi connectivity index (χ4v) is 3.08. The molecule has 1 aromatic rings. The molecule has 0 aliphatic heterocycles. The first kappa shape index (κ1) is 15.8. The van der Waals surface area contributed by atoms with Crippen molar-refractivity contribution in [2.45, 2.75) is 47.6 Å². The lowest BCUT2D eigenvalue weighted by molar-refractivity contribution is -0.147. The molecule has 0 unspecified atom stereocenters. The van der Waals surface area contributed by atoms with Gasteiger partial charge in [0.2, 0.25) is 0 Å². The zero-order valence-electron chi connectivity index (χ0n) is 13.8. The zero-order valence-corrected chi connectivity index (χ0v) is 13.8. The molecule has 2 rings (SSSR count). The molecule has 0 aromatic heterocycles. The summed E-state index contributed by atoms with van der Waals surface area (Å²) in [5, 5.41) is 0. The van der Waals surface area contributed by atoms with Gasteiger partial charge < -0.3 is 4.74 Å². The average Bonchev–Trinajstić information content (AvgIpc) is 2.96. The van der Waals surface area contributed by atoms with Crippen molar-refractivity contribution in [2.75, 3.05) is 0 Å². The second-order valence-corrected chi connectivity index (χ2v) is 6.80. The molecule has 1 aliphatic rings. The van der Waals surface area contributed by atoms with Crippen molar-refractivity contribution >= 4 is 5.97 Å². The molecule has 0 spiro atoms. The summed E-state index contributed by atoms with van der Waals surface area (Å²) >= 11 is 0. The minimum Gasteiger partial charge on any atom is -0.461 e. The van der Waals surface area contributed by atoms with E-state index in [1.54, 1.807) is 0 Å². The van der Waals surface area contributed by atoms with Crippen molar-refractivity contribution in [3.8, 4) is 0 Å². The Kier molecular flexibility index (Phi) is 4.55. The summed E-state index contributed by atoms with van der Waals surface area (Å²) in [7, 11) is 0. The Bertz CT molecular complexity index is 550. The number of hydrogen-bond acceptors (Lipinski definition) is 2. The summed E-state index contributed by atoms with van der Waals surface area (Å²) in [5.41, 5.74) is 3.66. The lowest BCUT2D eigenvalue weighted by Gasteiger charge is -2.09. The highest BCUT2D eigenvalue weighted by molar-refractivity contribution is 5.78. The second kappa shape index (κ2) is 6.05. The number of aryl methyl sites for hydroxylation is 1. The molecule has 2 atom stereocenters. The van der Waals surface area contributed by atoms with Crippen LogP contribution in [0.4, 0.5) is 0 Å². The van der Waals surface area contributed by atoms with Crippen LogP contribution in [0, 0.1) is 17.3 Å². The van der Waals surface area contributed by atoms with Crippen LogP contribution in [0.1, 0.15) is 45.7 Å². The molecule has 0 amide bonds. The summed E-state index contributed by atoms with van der Waals surface area (Å²) in [5.74, 6) is 0.256. The van der Waals surface area contributed by atoms with Crippen molar-refractivity contribution in [3.05, 3.63) is 47.0 Å². The van der Waals surface area contributed by atoms with E-state index in [4.69, 9.17) is 4.74 Å². The molecule has 114 valence electrons. The Balaban J connectivity index is 1.99. The first-order chi connectivity index (χ1) is 9.87. The van der Waals surface area contributed by atoms with Crippen LogP contribution in [-0.2, 0) is 22.6 Å². The molecule has 0 radical (unpaired) electrons. The number of benzene rings is 1. The van der Waals surface area contributed by atoms with E-state index in [0.29, 0.717) is 12.5 Å². The molecule has 0 heterocycles. The van der Waals surface area contributed by atoms with E-state index < -0.39 is 0 Å². The first-order valence-corrected chi connectivity index (χ1v) is 7.76. The minimum atomic E-state index is -0.0617. The van der Waals surface area contributed by atoms with Gasteiger partial charge >= 0.3 is 5.97 Å². The van der Waals surface area contributed by atoms with Crippen LogP contribution in [-0.4, -0.2) is 5.97 Å². The van der Waals surface area contributed by atoms with Gasteiger partial charge in [-0.15, -0.1) is 0 Å². The maximum atomic E-state index is 12.3. The van der Waals surface area contributed by atoms with E-state index in [0.717, 1.165) is 12.0 Å². The van der Waals surface area contributed by atoms with E-state index in [9.17, 15) is 4.79 Å². The average molecular weight is 286 g/mol. The highest BCUT2D eigenvalue weighted by Gasteiger charge is 2.61. The van der Waals surface area contributed by atoms with Crippen molar-refractivity contribution in [2.24, 2.45) is 17.3 Å². The van der Waals surface area contributed by atoms with Crippen molar-refractivity contribution < 1.29 is 9.53 Å². The fraction of sp³-hybridized carbons (Fsp3) is 0.526. The van der Waals surface area contributed by atoms with Gasteiger partial charge in [0.1, 0.15) is 6.61 Å². The van der Waals surface area contributed by atoms with Crippen LogP contribution in [0.5, 0.6) is 0 Å². The van der Waals surface area contributed by atoms with E-state index in [1.807, 2.05) is 18.2 Å². The van der Waals surface area contributed by atoms with Crippen LogP contribution in [0.2, 0.25) is 0 Å². The molecular weight excluding hydrogens is 260 g/mol. The number of ether oxygens (including phenoxy) is 1. The molecule has 2 nitrogen and oxygen atoms in total. The third-order valence-corrected chi connectivity index (χ3v) is 4.55. The molecule has 0 saturated heterocycles. The van der Waals surface area contributed by atoms with Gasteiger partial charge in [-0.25, -0.2) is 0 Å². The van der Waals surface area contributed by atoms with Gasteiger partial charge in [0, 0.05) is 0 Å². The predicted molar refractivity (Wildman–Crippen MR) is 85.8 cm³/mol. The fourth-order valence-electron chi connectivity index (χ4n) is 3.08. The second-order valence-electron chi connectivity index (χ2n) is 6.80. The van der Waals surface area contributed by atoms with Crippen molar-refractivity contribution in [1.82, 2.24) is 0 Å². The van der Waals surface area contributed by atoms with Gasteiger partial charge in [-0.2, -0.15) is 0 Å². The largest absolute Gasteiger partial charge is 0.461 e. The summed E-state index contributed by atoms with van der Waals surface area (Å²) in [6.45, 7) is 10.9. The standard InChI is InChI=1S/C19H26O2/c1-6-14-9-7-8-10-15(14)12-21-18(20)17-16(11-13(2)3)19(17,4)5/h7-11,16-17H,6,12H2,1-5H3/t16-,17+/m1/s1. The predicted octanol–water partition coefficient (Wildman–Crippen LogP) is 4.53. The summed E-state index contributed by atoms with van der Waals surface area (Å²) in [6.07, 6.45) is 3.16. The van der Waals surface area contributed by atoms with Crippen molar-refractivity contribution in [1.29, 1.82) is 0 Å². The lowest BCUT2D eigenvalue weighted by Crippen LogP contribution is -2.11. The molecule has 2 heteroatoms. The van der Waals surface area contributed by atoms with E-state index in [1.165, 1.54) is 11.1 Å². The molecule has 1 saturated carbocycles. The van der Waals surface area contributed by atoms with Gasteiger partial charge in [-0.1, -0.05) is 56.7 Å². The zero-order chi connectivity index (χ0) is 15.6. The Morgan fingerprint density at radius 2 is 1.86 bits per heavy atom. The minimum absolute atomic E-state index is 0.00110. The lowest BCUT2D eigenvalue weighted by atomic mass is 10.1. The highest BCUT2D eigenvalue weighted by atomic mass is 16.5. The van der Waals surface area contributed by atoms with Crippen LogP contribution >= 0.6 is 0 Å². The number of esters is 1. The Labute approximate surface area is 128 Å². The van der Waals surface area contributed by atoms with Crippen LogP contribution in [0.15, 0.2) is 35.9 Å². The molecule has 0 N–H and O–H groups in total. The van der Waals surface area contributed by atoms with Gasteiger partial charge in [-0.3, -0.25) is 4.79 Å². The van der Waals surface area contributed by atoms with Crippen LogP contribution < -0.4 is 0 Å². The summed E-state index contributed by atoms with van der Waals surface area (Å²) < 4.78 is 5.57. The smallest absolute Gasteiger partial charge is 0.310 e. The molecule has 1 fully saturated rings. The number of allylic oxidation sites excluding steroid dienone is 2. The molecular formula is C19H26O2. The number of hydrogen-bond donors (Lipinski definition) is 0. The quantitative estimate of drug-likeness (QED) is 0.587. The Hall–Kier alpha value is -1.57. The SMILES string of the molecule is CCc1ccccc1COC(=O)[C@@H]1[C@@H](C=C(C)C)C1(C)C. The third-order valence-electron chi connectivity index (χ3n) is 4.55. The van der Waals surface area contributed by atoms with Crippen molar-refractivity contribution in [3.63, 3.8) is 0 Å². The van der Waals surface area contributed by atoms with E-state index in [2.05, 4.69) is 46.8 Å². The Morgan fingerprint density at radius 3 is 2.43 bits per heavy atom. The number of carbonyl (C=O) groups is 1. The maximum Gasteiger partial charge on any atom is 0.310 e. The first-order valence-electron chi connectivity index (χ1n) is 7.76. The monoisotopic (exact) mass is 286 g/mol. The topological polar surface area (TPSA) is 26.3 Å². The molecule has 1 aromatic carbocycles. The normalized spacial score (nSPS) is 22.5.